The van der Waals surface area contributed by atoms with E-state index in [9.17, 15) is 4.79 Å². The van der Waals surface area contributed by atoms with E-state index in [1.54, 1.807) is 0 Å². The largest absolute Gasteiger partial charge is 0.399 e. The van der Waals surface area contributed by atoms with E-state index in [-0.39, 0.29) is 5.91 Å². The number of nitrogen functional groups attached to an aromatic ring is 1. The number of nitrogens with two attached hydrogens (primary N) is 1. The molecule has 0 saturated heterocycles. The fraction of sp³-hybridized carbons (Fsp3) is 0.350. The fourth-order valence-electron chi connectivity index (χ4n) is 2.69. The van der Waals surface area contributed by atoms with E-state index in [0.717, 1.165) is 54.6 Å². The third-order valence-electron chi connectivity index (χ3n) is 4.14. The molecule has 0 saturated carbocycles. The molecule has 0 aliphatic rings. The van der Waals surface area contributed by atoms with Crippen molar-refractivity contribution in [3.8, 4) is 11.1 Å². The van der Waals surface area contributed by atoms with Crippen LogP contribution in [0.15, 0.2) is 53.6 Å². The summed E-state index contributed by atoms with van der Waals surface area (Å²) in [6, 6.07) is 15.5. The number of anilines is 2. The summed E-state index contributed by atoms with van der Waals surface area (Å²) >= 11 is 0. The smallest absolute Gasteiger partial charge is 0.224 e. The second kappa shape index (κ2) is 10.8. The summed E-state index contributed by atoms with van der Waals surface area (Å²) in [6.07, 6.45) is 5.42. The minimum atomic E-state index is 0.0410. The van der Waals surface area contributed by atoms with Crippen LogP contribution < -0.4 is 11.1 Å². The Bertz CT molecular complexity index is 734. The average molecular weight is 351 g/mol. The SMILES string of the molecule is [N-]=[N+]=NCCCCCCCC(=O)Nc1ccc(-c2ccc(N)cc2)cc1. The summed E-state index contributed by atoms with van der Waals surface area (Å²) in [4.78, 5) is 14.7. The van der Waals surface area contributed by atoms with Crippen LogP contribution in [-0.2, 0) is 4.79 Å². The fourth-order valence-corrected chi connectivity index (χ4v) is 2.69. The Kier molecular flexibility index (Phi) is 8.03. The van der Waals surface area contributed by atoms with Gasteiger partial charge >= 0.3 is 0 Å². The van der Waals surface area contributed by atoms with Crippen molar-refractivity contribution in [1.29, 1.82) is 0 Å². The highest BCUT2D eigenvalue weighted by Gasteiger charge is 2.03. The maximum atomic E-state index is 12.0. The van der Waals surface area contributed by atoms with Crippen molar-refractivity contribution in [3.05, 3.63) is 59.0 Å². The zero-order valence-corrected chi connectivity index (χ0v) is 14.9. The van der Waals surface area contributed by atoms with Crippen LogP contribution in [0.25, 0.3) is 21.6 Å². The number of hydrogen-bond donors (Lipinski definition) is 2. The molecule has 6 heteroatoms. The number of nitrogens with zero attached hydrogens (tertiary/aromatic N) is 3. The van der Waals surface area contributed by atoms with Crippen molar-refractivity contribution in [3.63, 3.8) is 0 Å². The lowest BCUT2D eigenvalue weighted by molar-refractivity contribution is -0.116. The van der Waals surface area contributed by atoms with Gasteiger partial charge in [0.2, 0.25) is 5.91 Å². The van der Waals surface area contributed by atoms with Gasteiger partial charge in [0, 0.05) is 29.3 Å². The van der Waals surface area contributed by atoms with Gasteiger partial charge in [-0.3, -0.25) is 4.79 Å². The highest BCUT2D eigenvalue weighted by atomic mass is 16.1. The Morgan fingerprint density at radius 2 is 1.50 bits per heavy atom. The summed E-state index contributed by atoms with van der Waals surface area (Å²) in [7, 11) is 0. The Hall–Kier alpha value is -2.98. The summed E-state index contributed by atoms with van der Waals surface area (Å²) in [5.74, 6) is 0.0410. The molecule has 0 aliphatic carbocycles. The van der Waals surface area contributed by atoms with Crippen molar-refractivity contribution in [2.45, 2.75) is 38.5 Å². The van der Waals surface area contributed by atoms with Crippen LogP contribution in [0.1, 0.15) is 38.5 Å². The van der Waals surface area contributed by atoms with Crippen molar-refractivity contribution in [1.82, 2.24) is 0 Å². The highest BCUT2D eigenvalue weighted by molar-refractivity contribution is 5.90. The third kappa shape index (κ3) is 6.87. The van der Waals surface area contributed by atoms with Gasteiger partial charge < -0.3 is 11.1 Å². The van der Waals surface area contributed by atoms with Crippen molar-refractivity contribution in [2.75, 3.05) is 17.6 Å². The molecule has 0 spiro atoms. The number of nitrogens with one attached hydrogen (secondary N) is 1. The van der Waals surface area contributed by atoms with Crippen LogP contribution >= 0.6 is 0 Å². The third-order valence-corrected chi connectivity index (χ3v) is 4.14. The quantitative estimate of drug-likeness (QED) is 0.193. The van der Waals surface area contributed by atoms with E-state index < -0.39 is 0 Å². The lowest BCUT2D eigenvalue weighted by Crippen LogP contribution is -2.10. The van der Waals surface area contributed by atoms with Gasteiger partial charge in [0.15, 0.2) is 0 Å². The van der Waals surface area contributed by atoms with Gasteiger partial charge in [0.25, 0.3) is 0 Å². The first-order chi connectivity index (χ1) is 12.7. The maximum absolute atomic E-state index is 12.0. The molecular formula is C20H25N5O. The zero-order valence-electron chi connectivity index (χ0n) is 14.9. The number of carbonyl (C=O) groups excluding carboxylic acids is 1. The lowest BCUT2D eigenvalue weighted by Gasteiger charge is -2.07. The van der Waals surface area contributed by atoms with E-state index in [1.807, 2.05) is 48.5 Å². The molecule has 0 heterocycles. The Balaban J connectivity index is 1.69. The minimum Gasteiger partial charge on any atom is -0.399 e. The van der Waals surface area contributed by atoms with E-state index >= 15 is 0 Å². The number of rotatable bonds is 10. The molecule has 0 radical (unpaired) electrons. The van der Waals surface area contributed by atoms with E-state index in [4.69, 9.17) is 11.3 Å². The first-order valence-electron chi connectivity index (χ1n) is 8.96. The number of hydrogen-bond acceptors (Lipinski definition) is 3. The van der Waals surface area contributed by atoms with Gasteiger partial charge in [-0.05, 0) is 53.8 Å². The number of azide groups is 1. The molecular weight excluding hydrogens is 326 g/mol. The van der Waals surface area contributed by atoms with Gasteiger partial charge in [0.05, 0.1) is 0 Å². The van der Waals surface area contributed by atoms with Gasteiger partial charge in [-0.2, -0.15) is 0 Å². The number of unbranched alkanes of at least 4 members (excludes halogenated alkanes) is 4. The van der Waals surface area contributed by atoms with Crippen LogP contribution in [0, 0.1) is 0 Å². The zero-order chi connectivity index (χ0) is 18.6. The monoisotopic (exact) mass is 351 g/mol. The maximum Gasteiger partial charge on any atom is 0.224 e. The molecule has 1 amide bonds. The number of benzene rings is 2. The molecule has 0 unspecified atom stereocenters. The van der Waals surface area contributed by atoms with Crippen LogP contribution in [0.4, 0.5) is 11.4 Å². The van der Waals surface area contributed by atoms with Crippen molar-refractivity contribution in [2.24, 2.45) is 5.11 Å². The summed E-state index contributed by atoms with van der Waals surface area (Å²) in [5, 5.41) is 6.44. The van der Waals surface area contributed by atoms with Crippen LogP contribution in [0.5, 0.6) is 0 Å². The molecule has 26 heavy (non-hydrogen) atoms. The molecule has 0 aliphatic heterocycles. The lowest BCUT2D eigenvalue weighted by atomic mass is 10.1. The highest BCUT2D eigenvalue weighted by Crippen LogP contribution is 2.22. The number of amides is 1. The van der Waals surface area contributed by atoms with E-state index in [0.29, 0.717) is 13.0 Å². The Labute approximate surface area is 154 Å². The molecule has 6 nitrogen and oxygen atoms in total. The Morgan fingerprint density at radius 1 is 0.923 bits per heavy atom. The van der Waals surface area contributed by atoms with Crippen LogP contribution in [0.3, 0.4) is 0 Å². The van der Waals surface area contributed by atoms with Crippen molar-refractivity contribution >= 4 is 17.3 Å². The second-order valence-corrected chi connectivity index (χ2v) is 6.22. The predicted molar refractivity (Wildman–Crippen MR) is 107 cm³/mol. The average Bonchev–Trinajstić information content (AvgIpc) is 2.65. The predicted octanol–water partition coefficient (Wildman–Crippen LogP) is 5.53. The summed E-state index contributed by atoms with van der Waals surface area (Å²) in [5.41, 5.74) is 17.6. The summed E-state index contributed by atoms with van der Waals surface area (Å²) < 4.78 is 0. The molecule has 136 valence electrons. The van der Waals surface area contributed by atoms with Crippen LogP contribution in [0.2, 0.25) is 0 Å². The molecule has 2 aromatic rings. The molecule has 0 bridgehead atoms. The molecule has 2 aromatic carbocycles. The molecule has 3 N–H and O–H groups in total. The first kappa shape index (κ1) is 19.3. The van der Waals surface area contributed by atoms with Gasteiger partial charge in [-0.15, -0.1) is 0 Å². The van der Waals surface area contributed by atoms with E-state index in [2.05, 4.69) is 15.3 Å². The van der Waals surface area contributed by atoms with E-state index in [1.165, 1.54) is 0 Å². The summed E-state index contributed by atoms with van der Waals surface area (Å²) in [6.45, 7) is 0.559. The first-order valence-corrected chi connectivity index (χ1v) is 8.96. The van der Waals surface area contributed by atoms with Gasteiger partial charge in [0.1, 0.15) is 0 Å². The molecule has 0 aromatic heterocycles. The number of carbonyl (C=O) groups is 1. The molecule has 0 fully saturated rings. The molecule has 2 rings (SSSR count). The standard InChI is InChI=1S/C20H25N5O/c21-18-11-7-16(8-12-18)17-9-13-19(14-10-17)24-20(26)6-4-2-1-3-5-15-23-25-22/h7-14H,1-6,15,21H2,(H,24,26). The van der Waals surface area contributed by atoms with Gasteiger partial charge in [-0.1, -0.05) is 48.6 Å². The minimum absolute atomic E-state index is 0.0410. The van der Waals surface area contributed by atoms with Crippen molar-refractivity contribution < 1.29 is 4.79 Å². The van der Waals surface area contributed by atoms with Gasteiger partial charge in [-0.25, -0.2) is 0 Å². The Morgan fingerprint density at radius 3 is 2.15 bits per heavy atom. The topological polar surface area (TPSA) is 104 Å². The second-order valence-electron chi connectivity index (χ2n) is 6.22. The van der Waals surface area contributed by atoms with Crippen LogP contribution in [-0.4, -0.2) is 12.5 Å². The molecule has 0 atom stereocenters. The normalized spacial score (nSPS) is 10.2.